The van der Waals surface area contributed by atoms with Crippen LogP contribution in [0.25, 0.3) is 11.1 Å². The number of anilines is 1. The average Bonchev–Trinajstić information content (AvgIpc) is 2.95. The fraction of sp³-hybridized carbons (Fsp3) is 0.421. The van der Waals surface area contributed by atoms with Crippen LogP contribution in [0.3, 0.4) is 0 Å². The molecule has 2 aromatic rings. The van der Waals surface area contributed by atoms with E-state index in [1.54, 1.807) is 0 Å². The van der Waals surface area contributed by atoms with Gasteiger partial charge in [0.15, 0.2) is 0 Å². The van der Waals surface area contributed by atoms with Gasteiger partial charge in [-0.2, -0.15) is 13.2 Å². The van der Waals surface area contributed by atoms with Crippen LogP contribution >= 0.6 is 0 Å². The minimum Gasteiger partial charge on any atom is -0.409 e. The second-order valence-corrected chi connectivity index (χ2v) is 6.85. The molecule has 0 aliphatic heterocycles. The maximum Gasteiger partial charge on any atom is 0.416 e. The second-order valence-electron chi connectivity index (χ2n) is 6.85. The van der Waals surface area contributed by atoms with Gasteiger partial charge in [0.2, 0.25) is 11.7 Å². The molecule has 0 unspecified atom stereocenters. The fourth-order valence-electron chi connectivity index (χ4n) is 3.33. The van der Waals surface area contributed by atoms with Crippen LogP contribution in [0.2, 0.25) is 0 Å². The molecule has 1 heterocycles. The van der Waals surface area contributed by atoms with E-state index in [1.165, 1.54) is 31.2 Å². The molecule has 0 amide bonds. The Morgan fingerprint density at radius 2 is 1.75 bits per heavy atom. The van der Waals surface area contributed by atoms with Crippen molar-refractivity contribution in [3.05, 3.63) is 41.9 Å². The minimum atomic E-state index is -4.40. The van der Waals surface area contributed by atoms with Crippen molar-refractivity contribution in [1.29, 1.82) is 0 Å². The third-order valence-electron chi connectivity index (χ3n) is 4.84. The van der Waals surface area contributed by atoms with Gasteiger partial charge in [0.1, 0.15) is 5.82 Å². The Bertz CT molecular complexity index is 828. The lowest BCUT2D eigenvalue weighted by Gasteiger charge is -2.20. The van der Waals surface area contributed by atoms with Crippen LogP contribution in [-0.2, 0) is 6.18 Å². The van der Waals surface area contributed by atoms with Crippen LogP contribution in [-0.4, -0.2) is 27.1 Å². The van der Waals surface area contributed by atoms with E-state index in [0.717, 1.165) is 37.8 Å². The summed E-state index contributed by atoms with van der Waals surface area (Å²) in [5.41, 5.74) is 5.99. The van der Waals surface area contributed by atoms with Crippen LogP contribution in [0.5, 0.6) is 0 Å². The van der Waals surface area contributed by atoms with E-state index in [9.17, 15) is 13.2 Å². The number of hydrogen-bond acceptors (Lipinski definition) is 5. The number of oxime groups is 1. The summed E-state index contributed by atoms with van der Waals surface area (Å²) in [7, 11) is 0. The molecule has 9 heteroatoms. The summed E-state index contributed by atoms with van der Waals surface area (Å²) in [6, 6.07) is 5.04. The summed E-state index contributed by atoms with van der Waals surface area (Å²) in [5.74, 6) is 0.278. The zero-order chi connectivity index (χ0) is 20.1. The van der Waals surface area contributed by atoms with Crippen molar-refractivity contribution in [3.63, 3.8) is 0 Å². The molecular weight excluding hydrogens is 371 g/mol. The fourth-order valence-corrected chi connectivity index (χ4v) is 3.33. The SMILES string of the molecule is N/C(=N\O)c1ncc(-c2ccc(C(F)(F)F)cc2)c(NC2CCCCCC2)n1. The lowest BCUT2D eigenvalue weighted by Crippen LogP contribution is -2.22. The third kappa shape index (κ3) is 4.71. The predicted octanol–water partition coefficient (Wildman–Crippen LogP) is 4.39. The van der Waals surface area contributed by atoms with Crippen LogP contribution < -0.4 is 11.1 Å². The highest BCUT2D eigenvalue weighted by Gasteiger charge is 2.30. The lowest BCUT2D eigenvalue weighted by atomic mass is 10.0. The number of nitrogens with zero attached hydrogens (tertiary/aromatic N) is 3. The van der Waals surface area contributed by atoms with E-state index in [4.69, 9.17) is 10.9 Å². The van der Waals surface area contributed by atoms with Crippen molar-refractivity contribution in [2.75, 3.05) is 5.32 Å². The first-order valence-electron chi connectivity index (χ1n) is 9.17. The molecule has 28 heavy (non-hydrogen) atoms. The number of hydrogen-bond donors (Lipinski definition) is 3. The summed E-state index contributed by atoms with van der Waals surface area (Å²) in [5, 5.41) is 15.2. The molecule has 0 bridgehead atoms. The molecule has 150 valence electrons. The Hall–Kier alpha value is -2.84. The van der Waals surface area contributed by atoms with Crippen molar-refractivity contribution in [2.24, 2.45) is 10.9 Å². The van der Waals surface area contributed by atoms with Gasteiger partial charge >= 0.3 is 6.18 Å². The molecule has 1 saturated carbocycles. The van der Waals surface area contributed by atoms with Crippen LogP contribution in [0.15, 0.2) is 35.6 Å². The number of aromatic nitrogens is 2. The highest BCUT2D eigenvalue weighted by Crippen LogP contribution is 2.33. The zero-order valence-corrected chi connectivity index (χ0v) is 15.2. The number of benzene rings is 1. The van der Waals surface area contributed by atoms with E-state index >= 15 is 0 Å². The van der Waals surface area contributed by atoms with E-state index in [-0.39, 0.29) is 17.7 Å². The number of rotatable bonds is 4. The number of nitrogens with one attached hydrogen (secondary N) is 1. The predicted molar refractivity (Wildman–Crippen MR) is 100 cm³/mol. The van der Waals surface area contributed by atoms with Crippen molar-refractivity contribution < 1.29 is 18.4 Å². The van der Waals surface area contributed by atoms with E-state index in [0.29, 0.717) is 16.9 Å². The maximum absolute atomic E-state index is 12.8. The highest BCUT2D eigenvalue weighted by molar-refractivity contribution is 5.94. The number of alkyl halides is 3. The van der Waals surface area contributed by atoms with Crippen molar-refractivity contribution in [2.45, 2.75) is 50.7 Å². The molecular formula is C19H22F3N5O. The molecule has 0 spiro atoms. The average molecular weight is 393 g/mol. The molecule has 1 fully saturated rings. The Kier molecular flexibility index (Phi) is 6.01. The number of nitrogens with two attached hydrogens (primary N) is 1. The smallest absolute Gasteiger partial charge is 0.409 e. The zero-order valence-electron chi connectivity index (χ0n) is 15.2. The molecule has 3 rings (SSSR count). The topological polar surface area (TPSA) is 96.4 Å². The molecule has 6 nitrogen and oxygen atoms in total. The molecule has 1 aliphatic carbocycles. The van der Waals surface area contributed by atoms with Crippen molar-refractivity contribution in [3.8, 4) is 11.1 Å². The summed E-state index contributed by atoms with van der Waals surface area (Å²) in [6.45, 7) is 0. The van der Waals surface area contributed by atoms with Gasteiger partial charge in [-0.05, 0) is 30.5 Å². The lowest BCUT2D eigenvalue weighted by molar-refractivity contribution is -0.137. The van der Waals surface area contributed by atoms with Crippen molar-refractivity contribution >= 4 is 11.7 Å². The molecule has 1 aromatic heterocycles. The summed E-state index contributed by atoms with van der Waals surface area (Å²) < 4.78 is 38.5. The highest BCUT2D eigenvalue weighted by atomic mass is 19.4. The first kappa shape index (κ1) is 19.9. The molecule has 1 aliphatic rings. The van der Waals surface area contributed by atoms with E-state index < -0.39 is 11.7 Å². The van der Waals surface area contributed by atoms with E-state index in [2.05, 4.69) is 20.4 Å². The molecule has 0 saturated heterocycles. The van der Waals surface area contributed by atoms with Crippen LogP contribution in [0.1, 0.15) is 49.9 Å². The number of amidine groups is 1. The minimum absolute atomic E-state index is 0.0503. The normalized spacial score (nSPS) is 16.6. The van der Waals surface area contributed by atoms with E-state index in [1.807, 2.05) is 0 Å². The maximum atomic E-state index is 12.8. The second kappa shape index (κ2) is 8.45. The quantitative estimate of drug-likeness (QED) is 0.235. The van der Waals surface area contributed by atoms with Gasteiger partial charge in [-0.1, -0.05) is 43.0 Å². The van der Waals surface area contributed by atoms with Gasteiger partial charge < -0.3 is 16.3 Å². The van der Waals surface area contributed by atoms with Crippen LogP contribution in [0.4, 0.5) is 19.0 Å². The molecule has 0 atom stereocenters. The Balaban J connectivity index is 1.96. The summed E-state index contributed by atoms with van der Waals surface area (Å²) >= 11 is 0. The number of halogens is 3. The molecule has 1 aromatic carbocycles. The first-order valence-corrected chi connectivity index (χ1v) is 9.17. The van der Waals surface area contributed by atoms with Crippen LogP contribution in [0, 0.1) is 0 Å². The monoisotopic (exact) mass is 393 g/mol. The van der Waals surface area contributed by atoms with Gasteiger partial charge in [0, 0.05) is 17.8 Å². The summed E-state index contributed by atoms with van der Waals surface area (Å²) in [6.07, 6.45) is 3.61. The molecule has 0 radical (unpaired) electrons. The standard InChI is InChI=1S/C19H22F3N5O/c20-19(21,22)13-9-7-12(8-10-13)15-11-24-18(16(23)27-28)26-17(15)25-14-5-3-1-2-4-6-14/h7-11,14,28H,1-6H2,(H2,23,27)(H,24,25,26). The van der Waals surface area contributed by atoms with Gasteiger partial charge in [0.05, 0.1) is 5.56 Å². The Morgan fingerprint density at radius 3 is 2.32 bits per heavy atom. The van der Waals surface area contributed by atoms with Gasteiger partial charge in [-0.25, -0.2) is 9.97 Å². The van der Waals surface area contributed by atoms with Gasteiger partial charge in [-0.15, -0.1) is 0 Å². The largest absolute Gasteiger partial charge is 0.416 e. The Labute approximate surface area is 160 Å². The first-order chi connectivity index (χ1) is 13.4. The third-order valence-corrected chi connectivity index (χ3v) is 4.84. The van der Waals surface area contributed by atoms with Gasteiger partial charge in [-0.3, -0.25) is 0 Å². The summed E-state index contributed by atoms with van der Waals surface area (Å²) in [4.78, 5) is 8.44. The Morgan fingerprint density at radius 1 is 1.11 bits per heavy atom. The van der Waals surface area contributed by atoms with Crippen molar-refractivity contribution in [1.82, 2.24) is 9.97 Å². The molecule has 4 N–H and O–H groups in total. The van der Waals surface area contributed by atoms with Gasteiger partial charge in [0.25, 0.3) is 0 Å².